The summed E-state index contributed by atoms with van der Waals surface area (Å²) in [4.78, 5) is 1.80. The van der Waals surface area contributed by atoms with Crippen LogP contribution in [0.3, 0.4) is 0 Å². The van der Waals surface area contributed by atoms with Crippen LogP contribution in [-0.2, 0) is 4.74 Å². The van der Waals surface area contributed by atoms with Crippen molar-refractivity contribution in [2.75, 3.05) is 20.2 Å². The van der Waals surface area contributed by atoms with Gasteiger partial charge >= 0.3 is 0 Å². The van der Waals surface area contributed by atoms with Crippen molar-refractivity contribution in [1.29, 1.82) is 0 Å². The molecule has 0 aromatic rings. The molecule has 1 aliphatic heterocycles. The highest BCUT2D eigenvalue weighted by Crippen LogP contribution is 2.12. The van der Waals surface area contributed by atoms with Gasteiger partial charge in [0.1, 0.15) is 0 Å². The van der Waals surface area contributed by atoms with Gasteiger partial charge in [0, 0.05) is 20.2 Å². The van der Waals surface area contributed by atoms with Gasteiger partial charge in [-0.05, 0) is 12.8 Å². The lowest BCUT2D eigenvalue weighted by Crippen LogP contribution is -2.39. The zero-order chi connectivity index (χ0) is 8.97. The summed E-state index contributed by atoms with van der Waals surface area (Å²) >= 11 is 0. The van der Waals surface area contributed by atoms with E-state index in [1.807, 2.05) is 7.05 Å². The number of hydrogen-bond acceptors (Lipinski definition) is 3. The van der Waals surface area contributed by atoms with E-state index in [0.29, 0.717) is 5.96 Å². The summed E-state index contributed by atoms with van der Waals surface area (Å²) in [6.45, 7) is 1.63. The van der Waals surface area contributed by atoms with Crippen molar-refractivity contribution in [2.24, 2.45) is 16.7 Å². The Hall–Kier alpha value is -0.970. The Labute approximate surface area is 72.3 Å². The summed E-state index contributed by atoms with van der Waals surface area (Å²) in [6.07, 6.45) is 2.52. The van der Waals surface area contributed by atoms with Crippen LogP contribution in [0.25, 0.3) is 0 Å². The molecule has 12 heavy (non-hydrogen) atoms. The van der Waals surface area contributed by atoms with Crippen LogP contribution in [0, 0.1) is 0 Å². The van der Waals surface area contributed by atoms with E-state index in [-0.39, 0.29) is 6.10 Å². The maximum Gasteiger partial charge on any atom is 0.213 e. The lowest BCUT2D eigenvalue weighted by Gasteiger charge is -2.20. The zero-order valence-corrected chi connectivity index (χ0v) is 7.36. The van der Waals surface area contributed by atoms with E-state index in [4.69, 9.17) is 16.3 Å². The molecule has 4 N–H and O–H groups in total. The highest BCUT2D eigenvalue weighted by Gasteiger charge is 2.17. The van der Waals surface area contributed by atoms with Gasteiger partial charge in [0.25, 0.3) is 0 Å². The van der Waals surface area contributed by atoms with Gasteiger partial charge in [-0.25, -0.2) is 0 Å². The molecule has 0 aromatic heterocycles. The van der Waals surface area contributed by atoms with Gasteiger partial charge in [0.2, 0.25) is 5.96 Å². The maximum atomic E-state index is 5.49. The van der Waals surface area contributed by atoms with Crippen LogP contribution in [0.1, 0.15) is 12.8 Å². The largest absolute Gasteiger partial charge is 0.376 e. The van der Waals surface area contributed by atoms with Gasteiger partial charge in [-0.15, -0.1) is 5.10 Å². The Balaban J connectivity index is 2.29. The molecule has 5 heteroatoms. The Morgan fingerprint density at radius 1 is 1.75 bits per heavy atom. The van der Waals surface area contributed by atoms with Crippen molar-refractivity contribution in [3.8, 4) is 0 Å². The molecule has 0 spiro atoms. The molecule has 0 aromatic carbocycles. The molecule has 1 aliphatic rings. The molecule has 1 saturated heterocycles. The molecule has 0 amide bonds. The van der Waals surface area contributed by atoms with Gasteiger partial charge in [0.05, 0.1) is 6.10 Å². The van der Waals surface area contributed by atoms with Crippen molar-refractivity contribution < 1.29 is 4.74 Å². The molecule has 1 rings (SSSR count). The maximum absolute atomic E-state index is 5.49. The van der Waals surface area contributed by atoms with E-state index < -0.39 is 0 Å². The van der Waals surface area contributed by atoms with E-state index in [1.165, 1.54) is 0 Å². The summed E-state index contributed by atoms with van der Waals surface area (Å²) < 4.78 is 5.43. The van der Waals surface area contributed by atoms with E-state index in [9.17, 15) is 0 Å². The van der Waals surface area contributed by atoms with Crippen molar-refractivity contribution in [3.63, 3.8) is 0 Å². The van der Waals surface area contributed by atoms with Crippen molar-refractivity contribution in [3.05, 3.63) is 0 Å². The van der Waals surface area contributed by atoms with Crippen LogP contribution >= 0.6 is 0 Å². The Bertz CT molecular complexity index is 165. The van der Waals surface area contributed by atoms with E-state index in [2.05, 4.69) is 5.10 Å². The average molecular weight is 172 g/mol. The van der Waals surface area contributed by atoms with Gasteiger partial charge < -0.3 is 21.2 Å². The van der Waals surface area contributed by atoms with Gasteiger partial charge in [-0.2, -0.15) is 0 Å². The quantitative estimate of drug-likeness (QED) is 0.249. The SMILES string of the molecule is CN(CC1CCCO1)C(N)=NN. The average Bonchev–Trinajstić information content (AvgIpc) is 2.55. The topological polar surface area (TPSA) is 76.9 Å². The van der Waals surface area contributed by atoms with Gasteiger partial charge in [-0.3, -0.25) is 0 Å². The highest BCUT2D eigenvalue weighted by molar-refractivity contribution is 5.77. The number of guanidine groups is 1. The van der Waals surface area contributed by atoms with E-state index >= 15 is 0 Å². The second kappa shape index (κ2) is 4.15. The number of nitrogens with two attached hydrogens (primary N) is 2. The second-order valence-corrected chi connectivity index (χ2v) is 3.00. The fourth-order valence-corrected chi connectivity index (χ4v) is 1.29. The van der Waals surface area contributed by atoms with E-state index in [1.54, 1.807) is 4.90 Å². The normalized spacial score (nSPS) is 24.4. The summed E-state index contributed by atoms with van der Waals surface area (Å²) in [5.41, 5.74) is 5.49. The summed E-state index contributed by atoms with van der Waals surface area (Å²) in [6, 6.07) is 0. The van der Waals surface area contributed by atoms with Crippen LogP contribution in [0.4, 0.5) is 0 Å². The van der Waals surface area contributed by atoms with Crippen LogP contribution in [0.5, 0.6) is 0 Å². The molecular formula is C7H16N4O. The lowest BCUT2D eigenvalue weighted by molar-refractivity contribution is 0.0956. The van der Waals surface area contributed by atoms with Crippen LogP contribution < -0.4 is 11.6 Å². The molecule has 0 aliphatic carbocycles. The van der Waals surface area contributed by atoms with Crippen LogP contribution in [0.15, 0.2) is 5.10 Å². The van der Waals surface area contributed by atoms with Crippen LogP contribution in [0.2, 0.25) is 0 Å². The molecule has 70 valence electrons. The first-order chi connectivity index (χ1) is 5.74. The fourth-order valence-electron chi connectivity index (χ4n) is 1.29. The van der Waals surface area contributed by atoms with Crippen molar-refractivity contribution in [1.82, 2.24) is 4.90 Å². The molecule has 1 heterocycles. The molecule has 0 radical (unpaired) electrons. The number of nitrogens with zero attached hydrogens (tertiary/aromatic N) is 2. The number of hydrogen-bond donors (Lipinski definition) is 2. The van der Waals surface area contributed by atoms with E-state index in [0.717, 1.165) is 26.0 Å². The molecule has 1 fully saturated rings. The highest BCUT2D eigenvalue weighted by atomic mass is 16.5. The minimum absolute atomic E-state index is 0.287. The number of likely N-dealkylation sites (N-methyl/N-ethyl adjacent to an activating group) is 1. The number of hydrazone groups is 1. The van der Waals surface area contributed by atoms with Crippen LogP contribution in [-0.4, -0.2) is 37.2 Å². The third-order valence-electron chi connectivity index (χ3n) is 2.02. The first-order valence-electron chi connectivity index (χ1n) is 4.10. The summed E-state index contributed by atoms with van der Waals surface area (Å²) in [5, 5.41) is 3.40. The first-order valence-corrected chi connectivity index (χ1v) is 4.10. The molecule has 0 bridgehead atoms. The predicted molar refractivity (Wildman–Crippen MR) is 47.4 cm³/mol. The minimum atomic E-state index is 0.287. The number of rotatable bonds is 2. The van der Waals surface area contributed by atoms with Crippen molar-refractivity contribution in [2.45, 2.75) is 18.9 Å². The van der Waals surface area contributed by atoms with Gasteiger partial charge in [-0.1, -0.05) is 0 Å². The fraction of sp³-hybridized carbons (Fsp3) is 0.857. The first kappa shape index (κ1) is 9.12. The second-order valence-electron chi connectivity index (χ2n) is 3.00. The standard InChI is InChI=1S/C7H16N4O/c1-11(7(8)10-9)5-6-3-2-4-12-6/h6H,2-5,9H2,1H3,(H2,8,10). The molecular weight excluding hydrogens is 156 g/mol. The third-order valence-corrected chi connectivity index (χ3v) is 2.02. The predicted octanol–water partition coefficient (Wildman–Crippen LogP) is -0.714. The molecule has 1 atom stereocenters. The zero-order valence-electron chi connectivity index (χ0n) is 7.36. The monoisotopic (exact) mass is 172 g/mol. The summed E-state index contributed by atoms with van der Waals surface area (Å²) in [7, 11) is 1.85. The lowest BCUT2D eigenvalue weighted by atomic mass is 10.2. The Morgan fingerprint density at radius 2 is 2.50 bits per heavy atom. The third kappa shape index (κ3) is 2.27. The van der Waals surface area contributed by atoms with Crippen molar-refractivity contribution >= 4 is 5.96 Å². The molecule has 5 nitrogen and oxygen atoms in total. The number of ether oxygens (including phenoxy) is 1. The summed E-state index contributed by atoms with van der Waals surface area (Å²) in [5.74, 6) is 5.38. The Kier molecular flexibility index (Phi) is 3.16. The molecule has 0 saturated carbocycles. The Morgan fingerprint density at radius 3 is 3.00 bits per heavy atom. The van der Waals surface area contributed by atoms with Gasteiger partial charge in [0.15, 0.2) is 0 Å². The smallest absolute Gasteiger partial charge is 0.213 e. The molecule has 1 unspecified atom stereocenters. The minimum Gasteiger partial charge on any atom is -0.376 e.